The Morgan fingerprint density at radius 1 is 1.07 bits per heavy atom. The molecule has 0 aliphatic carbocycles. The van der Waals surface area contributed by atoms with E-state index >= 15 is 0 Å². The molecule has 1 atom stereocenters. The van der Waals surface area contributed by atoms with Crippen molar-refractivity contribution in [3.8, 4) is 5.75 Å². The van der Waals surface area contributed by atoms with Crippen LogP contribution in [-0.4, -0.2) is 66.6 Å². The number of aryl methyl sites for hydroxylation is 1. The number of carbonyl (C=O) groups excluding carboxylic acids is 1. The van der Waals surface area contributed by atoms with Gasteiger partial charge in [0.05, 0.1) is 6.04 Å². The van der Waals surface area contributed by atoms with Crippen molar-refractivity contribution in [3.05, 3.63) is 29.8 Å². The van der Waals surface area contributed by atoms with E-state index < -0.39 is 0 Å². The molecule has 148 valence electrons. The molecule has 4 rings (SSSR count). The summed E-state index contributed by atoms with van der Waals surface area (Å²) in [6, 6.07) is 8.95. The predicted molar refractivity (Wildman–Crippen MR) is 107 cm³/mol. The molecule has 0 radical (unpaired) electrons. The maximum atomic E-state index is 13.2. The van der Waals surface area contributed by atoms with Gasteiger partial charge in [0.25, 0.3) is 0 Å². The predicted octanol–water partition coefficient (Wildman–Crippen LogP) is 2.58. The fourth-order valence-electron chi connectivity index (χ4n) is 4.92. The van der Waals surface area contributed by atoms with Crippen LogP contribution in [0.3, 0.4) is 0 Å². The number of nitrogens with zero attached hydrogens (tertiary/aromatic N) is 2. The number of carbonyl (C=O) groups is 1. The molecule has 1 aromatic carbocycles. The van der Waals surface area contributed by atoms with Crippen LogP contribution >= 0.6 is 0 Å². The van der Waals surface area contributed by atoms with Crippen LogP contribution in [0.2, 0.25) is 0 Å². The van der Waals surface area contributed by atoms with Crippen LogP contribution in [0.25, 0.3) is 0 Å². The topological polar surface area (TPSA) is 44.8 Å². The molecule has 3 heterocycles. The highest BCUT2D eigenvalue weighted by Gasteiger charge is 2.38. The number of ether oxygens (including phenoxy) is 1. The Kier molecular flexibility index (Phi) is 5.98. The zero-order valence-electron chi connectivity index (χ0n) is 16.5. The van der Waals surface area contributed by atoms with Gasteiger partial charge in [-0.1, -0.05) is 12.1 Å². The van der Waals surface area contributed by atoms with Gasteiger partial charge >= 0.3 is 0 Å². The van der Waals surface area contributed by atoms with Gasteiger partial charge in [0, 0.05) is 32.0 Å². The smallest absolute Gasteiger partial charge is 0.239 e. The van der Waals surface area contributed by atoms with Crippen LogP contribution in [0.4, 0.5) is 0 Å². The summed E-state index contributed by atoms with van der Waals surface area (Å²) in [7, 11) is 0. The molecule has 5 nitrogen and oxygen atoms in total. The molecule has 0 aromatic heterocycles. The van der Waals surface area contributed by atoms with E-state index in [9.17, 15) is 4.79 Å². The van der Waals surface area contributed by atoms with Crippen molar-refractivity contribution >= 4 is 5.91 Å². The second-order valence-corrected chi connectivity index (χ2v) is 8.34. The molecule has 5 heteroatoms. The molecule has 0 saturated carbocycles. The van der Waals surface area contributed by atoms with Crippen molar-refractivity contribution in [2.75, 3.05) is 32.7 Å². The summed E-state index contributed by atoms with van der Waals surface area (Å²) < 4.78 is 6.15. The van der Waals surface area contributed by atoms with Gasteiger partial charge < -0.3 is 15.0 Å². The molecule has 0 spiro atoms. The number of likely N-dealkylation sites (tertiary alicyclic amines) is 2. The summed E-state index contributed by atoms with van der Waals surface area (Å²) in [5.74, 6) is 1.31. The Hall–Kier alpha value is -1.59. The van der Waals surface area contributed by atoms with Gasteiger partial charge in [0.1, 0.15) is 11.9 Å². The Bertz CT molecular complexity index is 636. The molecule has 0 unspecified atom stereocenters. The maximum Gasteiger partial charge on any atom is 0.239 e. The van der Waals surface area contributed by atoms with Gasteiger partial charge in [-0.3, -0.25) is 9.69 Å². The normalized spacial score (nSPS) is 25.7. The Balaban J connectivity index is 1.30. The highest BCUT2D eigenvalue weighted by Crippen LogP contribution is 2.27. The van der Waals surface area contributed by atoms with E-state index in [2.05, 4.69) is 34.2 Å². The number of hydrogen-bond donors (Lipinski definition) is 1. The lowest BCUT2D eigenvalue weighted by Crippen LogP contribution is -2.53. The molecule has 0 bridgehead atoms. The first-order valence-electron chi connectivity index (χ1n) is 10.7. The first-order chi connectivity index (χ1) is 13.2. The van der Waals surface area contributed by atoms with Crippen molar-refractivity contribution in [2.24, 2.45) is 0 Å². The minimum absolute atomic E-state index is 0.113. The summed E-state index contributed by atoms with van der Waals surface area (Å²) in [5, 5.41) is 3.44. The van der Waals surface area contributed by atoms with Gasteiger partial charge in [-0.25, -0.2) is 0 Å². The van der Waals surface area contributed by atoms with Crippen molar-refractivity contribution in [1.82, 2.24) is 15.1 Å². The lowest BCUT2D eigenvalue weighted by Gasteiger charge is -2.39. The fraction of sp³-hybridized carbons (Fsp3) is 0.682. The standard InChI is InChI=1S/C22H33N3O2/c1-17-4-2-5-20(16-17)27-19-9-14-24(15-10-19)22(26)21-6-3-13-25(21)18-7-11-23-12-8-18/h2,4-5,16,18-19,21,23H,3,6-15H2,1H3/t21-/m0/s1. The highest BCUT2D eigenvalue weighted by atomic mass is 16.5. The van der Waals surface area contributed by atoms with Crippen molar-refractivity contribution in [3.63, 3.8) is 0 Å². The van der Waals surface area contributed by atoms with E-state index in [-0.39, 0.29) is 12.1 Å². The van der Waals surface area contributed by atoms with E-state index in [0.717, 1.165) is 64.2 Å². The third kappa shape index (κ3) is 4.46. The molecular formula is C22H33N3O2. The van der Waals surface area contributed by atoms with Crippen molar-refractivity contribution in [1.29, 1.82) is 0 Å². The van der Waals surface area contributed by atoms with Crippen LogP contribution in [0.1, 0.15) is 44.1 Å². The Morgan fingerprint density at radius 2 is 1.85 bits per heavy atom. The molecule has 3 fully saturated rings. The van der Waals surface area contributed by atoms with E-state index in [1.54, 1.807) is 0 Å². The Morgan fingerprint density at radius 3 is 2.59 bits per heavy atom. The first kappa shape index (κ1) is 18.8. The fourth-order valence-corrected chi connectivity index (χ4v) is 4.92. The van der Waals surface area contributed by atoms with Crippen molar-refractivity contribution < 1.29 is 9.53 Å². The monoisotopic (exact) mass is 371 g/mol. The van der Waals surface area contributed by atoms with E-state index in [4.69, 9.17) is 4.74 Å². The molecule has 27 heavy (non-hydrogen) atoms. The molecular weight excluding hydrogens is 338 g/mol. The summed E-state index contributed by atoms with van der Waals surface area (Å²) in [6.45, 7) is 7.00. The average molecular weight is 372 g/mol. The van der Waals surface area contributed by atoms with Gasteiger partial charge in [-0.2, -0.15) is 0 Å². The average Bonchev–Trinajstić information content (AvgIpc) is 3.19. The second-order valence-electron chi connectivity index (χ2n) is 8.34. The van der Waals surface area contributed by atoms with E-state index in [1.165, 1.54) is 18.4 Å². The number of nitrogens with one attached hydrogen (secondary N) is 1. The molecule has 3 saturated heterocycles. The lowest BCUT2D eigenvalue weighted by molar-refractivity contribution is -0.138. The van der Waals surface area contributed by atoms with Gasteiger partial charge in [0.15, 0.2) is 0 Å². The minimum atomic E-state index is 0.113. The third-order valence-corrected chi connectivity index (χ3v) is 6.40. The SMILES string of the molecule is Cc1cccc(OC2CCN(C(=O)[C@@H]3CCCN3C3CCNCC3)CC2)c1. The minimum Gasteiger partial charge on any atom is -0.490 e. The third-order valence-electron chi connectivity index (χ3n) is 6.40. The summed E-state index contributed by atoms with van der Waals surface area (Å²) >= 11 is 0. The molecule has 3 aliphatic rings. The summed E-state index contributed by atoms with van der Waals surface area (Å²) in [6.07, 6.45) is 6.63. The van der Waals surface area contributed by atoms with Gasteiger partial charge in [-0.05, 0) is 69.9 Å². The van der Waals surface area contributed by atoms with E-state index in [1.807, 2.05) is 12.1 Å². The first-order valence-corrected chi connectivity index (χ1v) is 10.7. The number of hydrogen-bond acceptors (Lipinski definition) is 4. The van der Waals surface area contributed by atoms with Crippen LogP contribution in [0, 0.1) is 6.92 Å². The lowest BCUT2D eigenvalue weighted by atomic mass is 10.0. The largest absolute Gasteiger partial charge is 0.490 e. The maximum absolute atomic E-state index is 13.2. The molecule has 1 N–H and O–H groups in total. The number of benzene rings is 1. The van der Waals surface area contributed by atoms with Crippen LogP contribution in [0.5, 0.6) is 5.75 Å². The highest BCUT2D eigenvalue weighted by molar-refractivity contribution is 5.82. The van der Waals surface area contributed by atoms with Gasteiger partial charge in [-0.15, -0.1) is 0 Å². The molecule has 1 aromatic rings. The number of amides is 1. The van der Waals surface area contributed by atoms with Crippen molar-refractivity contribution in [2.45, 2.75) is 63.6 Å². The molecule has 3 aliphatic heterocycles. The number of rotatable bonds is 4. The number of piperidine rings is 2. The second kappa shape index (κ2) is 8.61. The zero-order valence-corrected chi connectivity index (χ0v) is 16.5. The Labute approximate surface area is 163 Å². The van der Waals surface area contributed by atoms with E-state index in [0.29, 0.717) is 11.9 Å². The quantitative estimate of drug-likeness (QED) is 0.884. The molecule has 1 amide bonds. The van der Waals surface area contributed by atoms with Crippen LogP contribution < -0.4 is 10.1 Å². The summed E-state index contributed by atoms with van der Waals surface area (Å²) in [4.78, 5) is 17.8. The van der Waals surface area contributed by atoms with Gasteiger partial charge in [0.2, 0.25) is 5.91 Å². The van der Waals surface area contributed by atoms with Crippen LogP contribution in [-0.2, 0) is 4.79 Å². The summed E-state index contributed by atoms with van der Waals surface area (Å²) in [5.41, 5.74) is 1.22. The zero-order chi connectivity index (χ0) is 18.6. The van der Waals surface area contributed by atoms with Crippen LogP contribution in [0.15, 0.2) is 24.3 Å².